The van der Waals surface area contributed by atoms with Crippen molar-refractivity contribution in [2.45, 2.75) is 11.4 Å². The van der Waals surface area contributed by atoms with Crippen LogP contribution < -0.4 is 0 Å². The summed E-state index contributed by atoms with van der Waals surface area (Å²) in [6, 6.07) is 9.25. The molecule has 5 heteroatoms. The molecule has 86 valence electrons. The van der Waals surface area contributed by atoms with Crippen molar-refractivity contribution in [2.24, 2.45) is 4.99 Å². The van der Waals surface area contributed by atoms with Crippen molar-refractivity contribution in [2.75, 3.05) is 11.5 Å². The molecule has 0 N–H and O–H groups in total. The Morgan fingerprint density at radius 3 is 2.50 bits per heavy atom. The van der Waals surface area contributed by atoms with Crippen LogP contribution >= 0.6 is 11.6 Å². The predicted molar refractivity (Wildman–Crippen MR) is 66.1 cm³/mol. The van der Waals surface area contributed by atoms with E-state index >= 15 is 0 Å². The normalized spacial score (nSPS) is 28.6. The lowest BCUT2D eigenvalue weighted by atomic mass is 10.2. The predicted octanol–water partition coefficient (Wildman–Crippen LogP) is 1.51. The van der Waals surface area contributed by atoms with Gasteiger partial charge in [0.2, 0.25) is 0 Å². The average molecular weight is 258 g/mol. The number of alkyl halides is 1. The molecule has 1 heterocycles. The second kappa shape index (κ2) is 4.55. The third-order valence-corrected chi connectivity index (χ3v) is 4.81. The fraction of sp³-hybridized carbons (Fsp3) is 0.364. The summed E-state index contributed by atoms with van der Waals surface area (Å²) in [5.41, 5.74) is 0.954. The van der Waals surface area contributed by atoms with E-state index in [9.17, 15) is 8.42 Å². The van der Waals surface area contributed by atoms with Gasteiger partial charge in [-0.15, -0.1) is 11.6 Å². The number of rotatable bonds is 2. The van der Waals surface area contributed by atoms with Gasteiger partial charge in [0, 0.05) is 6.21 Å². The third kappa shape index (κ3) is 2.83. The van der Waals surface area contributed by atoms with E-state index < -0.39 is 15.2 Å². The topological polar surface area (TPSA) is 46.5 Å². The zero-order chi connectivity index (χ0) is 11.6. The zero-order valence-corrected chi connectivity index (χ0v) is 10.2. The summed E-state index contributed by atoms with van der Waals surface area (Å²) in [6.45, 7) is 0. The highest BCUT2D eigenvalue weighted by Crippen LogP contribution is 2.20. The van der Waals surface area contributed by atoms with E-state index in [1.54, 1.807) is 6.21 Å². The van der Waals surface area contributed by atoms with Crippen LogP contribution in [0.1, 0.15) is 5.56 Å². The van der Waals surface area contributed by atoms with E-state index in [-0.39, 0.29) is 17.5 Å². The van der Waals surface area contributed by atoms with Gasteiger partial charge in [-0.25, -0.2) is 8.42 Å². The molecule has 1 saturated heterocycles. The quantitative estimate of drug-likeness (QED) is 0.596. The molecule has 0 unspecified atom stereocenters. The number of sulfone groups is 1. The first-order valence-electron chi connectivity index (χ1n) is 4.99. The van der Waals surface area contributed by atoms with Crippen LogP contribution in [0.15, 0.2) is 35.3 Å². The Kier molecular flexibility index (Phi) is 3.30. The molecule has 2 rings (SSSR count). The van der Waals surface area contributed by atoms with Crippen molar-refractivity contribution in [3.8, 4) is 0 Å². The summed E-state index contributed by atoms with van der Waals surface area (Å²) >= 11 is 5.94. The number of hydrogen-bond donors (Lipinski definition) is 0. The van der Waals surface area contributed by atoms with Gasteiger partial charge in [0.15, 0.2) is 9.84 Å². The molecule has 0 saturated carbocycles. The third-order valence-electron chi connectivity index (χ3n) is 2.47. The molecule has 1 aromatic carbocycles. The molecule has 1 aliphatic heterocycles. The maximum Gasteiger partial charge on any atom is 0.153 e. The number of benzene rings is 1. The Balaban J connectivity index is 2.09. The number of hydrogen-bond acceptors (Lipinski definition) is 3. The molecule has 1 aromatic rings. The molecular weight excluding hydrogens is 246 g/mol. The van der Waals surface area contributed by atoms with E-state index in [1.807, 2.05) is 30.3 Å². The molecule has 0 spiro atoms. The number of nitrogens with zero attached hydrogens (tertiary/aromatic N) is 1. The van der Waals surface area contributed by atoms with Crippen LogP contribution in [0.2, 0.25) is 0 Å². The van der Waals surface area contributed by atoms with Crippen molar-refractivity contribution in [1.29, 1.82) is 0 Å². The number of halogens is 1. The molecule has 1 fully saturated rings. The summed E-state index contributed by atoms with van der Waals surface area (Å²) < 4.78 is 22.6. The largest absolute Gasteiger partial charge is 0.287 e. The Hall–Kier alpha value is -0.870. The van der Waals surface area contributed by atoms with Crippen molar-refractivity contribution in [1.82, 2.24) is 0 Å². The molecule has 0 radical (unpaired) electrons. The van der Waals surface area contributed by atoms with E-state index in [0.29, 0.717) is 0 Å². The van der Waals surface area contributed by atoms with Crippen molar-refractivity contribution in [3.63, 3.8) is 0 Å². The van der Waals surface area contributed by atoms with Crippen LogP contribution in [0.4, 0.5) is 0 Å². The Labute approximate surface area is 100 Å². The van der Waals surface area contributed by atoms with E-state index in [1.165, 1.54) is 0 Å². The zero-order valence-electron chi connectivity index (χ0n) is 8.58. The van der Waals surface area contributed by atoms with Crippen molar-refractivity contribution in [3.05, 3.63) is 35.9 Å². The van der Waals surface area contributed by atoms with Gasteiger partial charge < -0.3 is 0 Å². The first kappa shape index (κ1) is 11.6. The van der Waals surface area contributed by atoms with Crippen LogP contribution in [0.5, 0.6) is 0 Å². The first-order chi connectivity index (χ1) is 7.57. The van der Waals surface area contributed by atoms with E-state index in [2.05, 4.69) is 4.99 Å². The SMILES string of the molecule is O=S1(=O)C[C@H](Cl)[C@H](N=Cc2ccccc2)C1. The van der Waals surface area contributed by atoms with Crippen LogP contribution in [-0.4, -0.2) is 37.6 Å². The maximum absolute atomic E-state index is 11.3. The standard InChI is InChI=1S/C11H12ClNO2S/c12-10-7-16(14,15)8-11(10)13-6-9-4-2-1-3-5-9/h1-6,10-11H,7-8H2/t10-,11+/m0/s1. The average Bonchev–Trinajstić information content (AvgIpc) is 2.50. The van der Waals surface area contributed by atoms with Gasteiger partial charge in [0.1, 0.15) is 0 Å². The molecule has 2 atom stereocenters. The molecule has 1 aliphatic rings. The highest BCUT2D eigenvalue weighted by atomic mass is 35.5. The second-order valence-corrected chi connectivity index (χ2v) is 6.56. The highest BCUT2D eigenvalue weighted by molar-refractivity contribution is 7.91. The smallest absolute Gasteiger partial charge is 0.153 e. The Bertz CT molecular complexity index is 484. The lowest BCUT2D eigenvalue weighted by molar-refractivity contribution is 0.601. The van der Waals surface area contributed by atoms with Gasteiger partial charge in [-0.3, -0.25) is 4.99 Å². The summed E-state index contributed by atoms with van der Waals surface area (Å²) in [6.07, 6.45) is 1.68. The highest BCUT2D eigenvalue weighted by Gasteiger charge is 2.35. The summed E-state index contributed by atoms with van der Waals surface area (Å²) in [7, 11) is -2.99. The second-order valence-electron chi connectivity index (χ2n) is 3.85. The van der Waals surface area contributed by atoms with Crippen LogP contribution in [-0.2, 0) is 9.84 Å². The van der Waals surface area contributed by atoms with Gasteiger partial charge in [-0.2, -0.15) is 0 Å². The maximum atomic E-state index is 11.3. The molecule has 0 amide bonds. The Morgan fingerprint density at radius 1 is 1.25 bits per heavy atom. The minimum absolute atomic E-state index is 0.0331. The monoisotopic (exact) mass is 257 g/mol. The fourth-order valence-electron chi connectivity index (χ4n) is 1.64. The van der Waals surface area contributed by atoms with Gasteiger partial charge in [-0.1, -0.05) is 30.3 Å². The summed E-state index contributed by atoms with van der Waals surface area (Å²) in [5.74, 6) is 0.0931. The first-order valence-corrected chi connectivity index (χ1v) is 7.25. The van der Waals surface area contributed by atoms with Gasteiger partial charge in [0.05, 0.1) is 22.9 Å². The molecule has 0 bridgehead atoms. The minimum Gasteiger partial charge on any atom is -0.287 e. The lowest BCUT2D eigenvalue weighted by Gasteiger charge is -2.04. The minimum atomic E-state index is -2.99. The Morgan fingerprint density at radius 2 is 1.94 bits per heavy atom. The van der Waals surface area contributed by atoms with Crippen LogP contribution in [0.25, 0.3) is 0 Å². The van der Waals surface area contributed by atoms with Gasteiger partial charge in [0.25, 0.3) is 0 Å². The van der Waals surface area contributed by atoms with Crippen molar-refractivity contribution >= 4 is 27.7 Å². The molecular formula is C11H12ClNO2S. The molecule has 0 aromatic heterocycles. The van der Waals surface area contributed by atoms with E-state index in [4.69, 9.17) is 11.6 Å². The summed E-state index contributed by atoms with van der Waals surface area (Å²) in [4.78, 5) is 4.23. The van der Waals surface area contributed by atoms with Gasteiger partial charge >= 0.3 is 0 Å². The van der Waals surface area contributed by atoms with E-state index in [0.717, 1.165) is 5.56 Å². The molecule has 0 aliphatic carbocycles. The van der Waals surface area contributed by atoms with Gasteiger partial charge in [-0.05, 0) is 5.56 Å². The fourth-order valence-corrected chi connectivity index (χ4v) is 4.16. The van der Waals surface area contributed by atoms with Crippen LogP contribution in [0.3, 0.4) is 0 Å². The van der Waals surface area contributed by atoms with Crippen LogP contribution in [0, 0.1) is 0 Å². The molecule has 16 heavy (non-hydrogen) atoms. The molecule has 3 nitrogen and oxygen atoms in total. The van der Waals surface area contributed by atoms with Crippen molar-refractivity contribution < 1.29 is 8.42 Å². The summed E-state index contributed by atoms with van der Waals surface area (Å²) in [5, 5.41) is -0.398. The lowest BCUT2D eigenvalue weighted by Crippen LogP contribution is -2.16. The number of aliphatic imine (C=N–C) groups is 1.